The third-order valence-electron chi connectivity index (χ3n) is 5.80. The summed E-state index contributed by atoms with van der Waals surface area (Å²) >= 11 is 0. The van der Waals surface area contributed by atoms with E-state index >= 15 is 0 Å². The van der Waals surface area contributed by atoms with Gasteiger partial charge in [0.2, 0.25) is 0 Å². The summed E-state index contributed by atoms with van der Waals surface area (Å²) in [7, 11) is 1.67. The number of esters is 2. The second-order valence-electron chi connectivity index (χ2n) is 8.76. The molecule has 4 aromatic rings. The van der Waals surface area contributed by atoms with Crippen molar-refractivity contribution in [2.75, 3.05) is 20.3 Å². The molecule has 0 heterocycles. The first-order valence-electron chi connectivity index (χ1n) is 12.7. The summed E-state index contributed by atoms with van der Waals surface area (Å²) in [6, 6.07) is 23.0. The van der Waals surface area contributed by atoms with Crippen LogP contribution in [0.5, 0.6) is 17.2 Å². The molecule has 4 aromatic carbocycles. The van der Waals surface area contributed by atoms with Crippen LogP contribution in [0.1, 0.15) is 38.3 Å². The molecule has 0 radical (unpaired) electrons. The van der Waals surface area contributed by atoms with Crippen LogP contribution in [-0.2, 0) is 9.53 Å². The number of aldehydes is 1. The van der Waals surface area contributed by atoms with Crippen molar-refractivity contribution in [3.63, 3.8) is 0 Å². The van der Waals surface area contributed by atoms with Crippen molar-refractivity contribution >= 4 is 35.2 Å². The highest BCUT2D eigenvalue weighted by Crippen LogP contribution is 2.24. The molecule has 210 valence electrons. The monoisotopic (exact) mass is 553 g/mol. The third-order valence-corrected chi connectivity index (χ3v) is 5.80. The molecule has 0 bridgehead atoms. The van der Waals surface area contributed by atoms with Crippen LogP contribution < -0.4 is 14.2 Å². The standard InChI is InChI=1S/C25H21NO6.C8H10O/c1-2-24(28)31-11-3-10-30-23-9-7-20(13-21(23)15-26)25(29)32-22-8-6-18-12-17(16-27)4-5-19(18)14-22;1-7-3-5-8(9-2)6-4-7/h2,4-9,12-16,26H,1,3,10-11H2;3-6H,1-2H3. The number of fused-ring (bicyclic) bond motifs is 1. The van der Waals surface area contributed by atoms with Crippen molar-refractivity contribution < 1.29 is 33.3 Å². The van der Waals surface area contributed by atoms with E-state index in [2.05, 4.69) is 13.5 Å². The number of benzene rings is 4. The minimum absolute atomic E-state index is 0.192. The molecule has 0 atom stereocenters. The zero-order valence-electron chi connectivity index (χ0n) is 22.9. The zero-order chi connectivity index (χ0) is 29.6. The van der Waals surface area contributed by atoms with E-state index in [-0.39, 0.29) is 18.8 Å². The minimum Gasteiger partial charge on any atom is -0.497 e. The highest BCUT2D eigenvalue weighted by molar-refractivity contribution is 5.95. The van der Waals surface area contributed by atoms with Crippen LogP contribution in [0.2, 0.25) is 0 Å². The lowest BCUT2D eigenvalue weighted by molar-refractivity contribution is -0.137. The Hall–Kier alpha value is -5.24. The summed E-state index contributed by atoms with van der Waals surface area (Å²) in [6.07, 6.45) is 3.42. The van der Waals surface area contributed by atoms with Gasteiger partial charge in [0.1, 0.15) is 23.5 Å². The Bertz CT molecular complexity index is 1530. The van der Waals surface area contributed by atoms with E-state index in [9.17, 15) is 14.4 Å². The van der Waals surface area contributed by atoms with Crippen LogP contribution in [0, 0.1) is 12.3 Å². The van der Waals surface area contributed by atoms with E-state index in [4.69, 9.17) is 24.4 Å². The highest BCUT2D eigenvalue weighted by Gasteiger charge is 2.13. The molecular formula is C33H31NO7. The maximum atomic E-state index is 12.6. The van der Waals surface area contributed by atoms with E-state index in [0.717, 1.165) is 35.1 Å². The number of aryl methyl sites for hydroxylation is 1. The second kappa shape index (κ2) is 15.4. The van der Waals surface area contributed by atoms with Crippen molar-refractivity contribution in [1.29, 1.82) is 5.41 Å². The van der Waals surface area contributed by atoms with E-state index in [1.54, 1.807) is 55.6 Å². The molecule has 4 rings (SSSR count). The zero-order valence-corrected chi connectivity index (χ0v) is 22.9. The van der Waals surface area contributed by atoms with Gasteiger partial charge in [-0.2, -0.15) is 0 Å². The van der Waals surface area contributed by atoms with Crippen LogP contribution in [-0.4, -0.2) is 44.8 Å². The van der Waals surface area contributed by atoms with Crippen molar-refractivity contribution in [2.45, 2.75) is 13.3 Å². The van der Waals surface area contributed by atoms with Gasteiger partial charge in [0.05, 0.1) is 25.9 Å². The van der Waals surface area contributed by atoms with Gasteiger partial charge in [0.25, 0.3) is 0 Å². The van der Waals surface area contributed by atoms with Gasteiger partial charge in [-0.3, -0.25) is 4.79 Å². The average molecular weight is 554 g/mol. The lowest BCUT2D eigenvalue weighted by Crippen LogP contribution is -2.10. The predicted octanol–water partition coefficient (Wildman–Crippen LogP) is 6.37. The van der Waals surface area contributed by atoms with Gasteiger partial charge in [0.15, 0.2) is 0 Å². The van der Waals surface area contributed by atoms with Crippen molar-refractivity contribution in [1.82, 2.24) is 0 Å². The Morgan fingerprint density at radius 3 is 2.27 bits per heavy atom. The van der Waals surface area contributed by atoms with E-state index in [0.29, 0.717) is 29.0 Å². The molecule has 0 aliphatic carbocycles. The second-order valence-corrected chi connectivity index (χ2v) is 8.76. The first-order chi connectivity index (χ1) is 19.9. The van der Waals surface area contributed by atoms with Crippen LogP contribution in [0.3, 0.4) is 0 Å². The van der Waals surface area contributed by atoms with Crippen molar-refractivity contribution in [3.05, 3.63) is 114 Å². The SMILES string of the molecule is C=CC(=O)OCCCOc1ccc(C(=O)Oc2ccc3cc(C=O)ccc3c2)cc1C=N.COc1ccc(C)cc1. The largest absolute Gasteiger partial charge is 0.497 e. The molecule has 41 heavy (non-hydrogen) atoms. The number of nitrogens with one attached hydrogen (secondary N) is 1. The number of hydrogen-bond acceptors (Lipinski definition) is 8. The number of ether oxygens (including phenoxy) is 4. The molecule has 0 aliphatic heterocycles. The Balaban J connectivity index is 0.000000436. The summed E-state index contributed by atoms with van der Waals surface area (Å²) in [5, 5.41) is 9.30. The number of methoxy groups -OCH3 is 1. The fourth-order valence-corrected chi connectivity index (χ4v) is 3.61. The smallest absolute Gasteiger partial charge is 0.343 e. The molecule has 0 aromatic heterocycles. The summed E-state index contributed by atoms with van der Waals surface area (Å²) in [4.78, 5) is 34.5. The van der Waals surface area contributed by atoms with Crippen LogP contribution in [0.15, 0.2) is 91.5 Å². The molecule has 0 aliphatic rings. The summed E-state index contributed by atoms with van der Waals surface area (Å²) in [6.45, 7) is 5.84. The molecule has 8 nitrogen and oxygen atoms in total. The Morgan fingerprint density at radius 2 is 1.59 bits per heavy atom. The molecular weight excluding hydrogens is 522 g/mol. The third kappa shape index (κ3) is 9.18. The molecule has 0 saturated heterocycles. The Kier molecular flexibility index (Phi) is 11.4. The van der Waals surface area contributed by atoms with Gasteiger partial charge in [-0.05, 0) is 66.2 Å². The quantitative estimate of drug-likeness (QED) is 0.0573. The van der Waals surface area contributed by atoms with Gasteiger partial charge < -0.3 is 24.4 Å². The Morgan fingerprint density at radius 1 is 0.878 bits per heavy atom. The van der Waals surface area contributed by atoms with Gasteiger partial charge in [-0.15, -0.1) is 0 Å². The molecule has 0 amide bonds. The number of hydrogen-bond donors (Lipinski definition) is 1. The first-order valence-corrected chi connectivity index (χ1v) is 12.7. The maximum Gasteiger partial charge on any atom is 0.343 e. The summed E-state index contributed by atoms with van der Waals surface area (Å²) < 4.78 is 20.9. The predicted molar refractivity (Wildman–Crippen MR) is 158 cm³/mol. The number of rotatable bonds is 11. The van der Waals surface area contributed by atoms with Crippen LogP contribution in [0.4, 0.5) is 0 Å². The summed E-state index contributed by atoms with van der Waals surface area (Å²) in [5.41, 5.74) is 2.52. The average Bonchev–Trinajstić information content (AvgIpc) is 3.01. The fourth-order valence-electron chi connectivity index (χ4n) is 3.61. The Labute approximate surface area is 238 Å². The topological polar surface area (TPSA) is 112 Å². The van der Waals surface area contributed by atoms with Crippen LogP contribution in [0.25, 0.3) is 10.8 Å². The summed E-state index contributed by atoms with van der Waals surface area (Å²) in [5.74, 6) is 0.654. The van der Waals surface area contributed by atoms with E-state index < -0.39 is 11.9 Å². The van der Waals surface area contributed by atoms with Gasteiger partial charge in [-0.25, -0.2) is 9.59 Å². The molecule has 8 heteroatoms. The molecule has 0 saturated carbocycles. The van der Waals surface area contributed by atoms with Gasteiger partial charge in [0, 0.05) is 29.8 Å². The molecule has 0 spiro atoms. The first kappa shape index (κ1) is 30.3. The fraction of sp³-hybridized carbons (Fsp3) is 0.152. The molecule has 1 N–H and O–H groups in total. The molecule has 0 fully saturated rings. The molecule has 0 unspecified atom stereocenters. The van der Waals surface area contributed by atoms with Gasteiger partial charge >= 0.3 is 11.9 Å². The lowest BCUT2D eigenvalue weighted by Gasteiger charge is -2.11. The normalized spacial score (nSPS) is 10.0. The number of carbonyl (C=O) groups is 3. The van der Waals surface area contributed by atoms with Crippen molar-refractivity contribution in [2.24, 2.45) is 0 Å². The van der Waals surface area contributed by atoms with Crippen LogP contribution >= 0.6 is 0 Å². The van der Waals surface area contributed by atoms with E-state index in [1.165, 1.54) is 11.6 Å². The minimum atomic E-state index is -0.570. The van der Waals surface area contributed by atoms with Gasteiger partial charge in [-0.1, -0.05) is 42.5 Å². The van der Waals surface area contributed by atoms with E-state index in [1.807, 2.05) is 24.3 Å². The lowest BCUT2D eigenvalue weighted by atomic mass is 10.1. The number of carbonyl (C=O) groups excluding carboxylic acids is 3. The highest BCUT2D eigenvalue weighted by atomic mass is 16.5. The maximum absolute atomic E-state index is 12.6. The van der Waals surface area contributed by atoms with Crippen molar-refractivity contribution in [3.8, 4) is 17.2 Å².